The summed E-state index contributed by atoms with van der Waals surface area (Å²) in [6.45, 7) is 4.85. The minimum Gasteiger partial charge on any atom is -0.463 e. The van der Waals surface area contributed by atoms with E-state index in [1.165, 1.54) is 19.3 Å². The van der Waals surface area contributed by atoms with Crippen LogP contribution in [0.4, 0.5) is 0 Å². The summed E-state index contributed by atoms with van der Waals surface area (Å²) in [5.41, 5.74) is 0. The second-order valence-electron chi connectivity index (χ2n) is 7.40. The molecular formula is C17H26O4. The third-order valence-corrected chi connectivity index (χ3v) is 6.36. The highest BCUT2D eigenvalue weighted by atomic mass is 16.6. The maximum Gasteiger partial charge on any atom is 0.308 e. The van der Waals surface area contributed by atoms with Gasteiger partial charge in [0.25, 0.3) is 0 Å². The summed E-state index contributed by atoms with van der Waals surface area (Å²) in [4.78, 5) is 11.6. The van der Waals surface area contributed by atoms with Gasteiger partial charge < -0.3 is 14.2 Å². The number of carbonyl (C=O) groups excluding carboxylic acids is 1. The molecule has 4 nitrogen and oxygen atoms in total. The molecule has 8 unspecified atom stereocenters. The van der Waals surface area contributed by atoms with E-state index in [4.69, 9.17) is 14.2 Å². The standard InChI is InChI=1S/C17H26O4/c1-3-9(2)17(18)20-5-4-19-13-7-10-6-12(13)15-11(10)8-14-16(15)21-14/h9-16H,3-8H2,1-2H3. The predicted octanol–water partition coefficient (Wildman–Crippen LogP) is 2.40. The summed E-state index contributed by atoms with van der Waals surface area (Å²) in [6, 6.07) is 0. The lowest BCUT2D eigenvalue weighted by molar-refractivity contribution is -0.150. The summed E-state index contributed by atoms with van der Waals surface area (Å²) in [5, 5.41) is 0. The smallest absolute Gasteiger partial charge is 0.308 e. The Hall–Kier alpha value is -0.610. The molecule has 0 spiro atoms. The van der Waals surface area contributed by atoms with Crippen LogP contribution in [0.5, 0.6) is 0 Å². The molecule has 0 aromatic carbocycles. The van der Waals surface area contributed by atoms with E-state index >= 15 is 0 Å². The van der Waals surface area contributed by atoms with Crippen molar-refractivity contribution in [2.45, 2.75) is 57.8 Å². The highest BCUT2D eigenvalue weighted by Crippen LogP contribution is 2.64. The zero-order chi connectivity index (χ0) is 14.6. The van der Waals surface area contributed by atoms with Crippen LogP contribution >= 0.6 is 0 Å². The number of rotatable bonds is 6. The van der Waals surface area contributed by atoms with E-state index in [-0.39, 0.29) is 11.9 Å². The van der Waals surface area contributed by atoms with Crippen LogP contribution in [0.3, 0.4) is 0 Å². The van der Waals surface area contributed by atoms with Crippen LogP contribution in [0, 0.1) is 29.6 Å². The van der Waals surface area contributed by atoms with E-state index in [9.17, 15) is 4.79 Å². The summed E-state index contributed by atoms with van der Waals surface area (Å²) in [6.07, 6.45) is 6.19. The van der Waals surface area contributed by atoms with Crippen molar-refractivity contribution in [3.05, 3.63) is 0 Å². The molecule has 21 heavy (non-hydrogen) atoms. The Bertz CT molecular complexity index is 423. The molecule has 4 heteroatoms. The third kappa shape index (κ3) is 2.31. The van der Waals surface area contributed by atoms with E-state index in [1.54, 1.807) is 0 Å². The SMILES string of the molecule is CCC(C)C(=O)OCCOC1CC2CC1C1C2CC2OC21. The molecule has 118 valence electrons. The minimum atomic E-state index is -0.0980. The molecule has 0 aromatic rings. The van der Waals surface area contributed by atoms with Gasteiger partial charge in [-0.15, -0.1) is 0 Å². The van der Waals surface area contributed by atoms with Crippen molar-refractivity contribution < 1.29 is 19.0 Å². The lowest BCUT2D eigenvalue weighted by Gasteiger charge is -2.32. The monoisotopic (exact) mass is 294 g/mol. The number of epoxide rings is 1. The van der Waals surface area contributed by atoms with Gasteiger partial charge in [-0.05, 0) is 49.4 Å². The van der Waals surface area contributed by atoms with Gasteiger partial charge in [0.05, 0.1) is 30.8 Å². The number of esters is 1. The van der Waals surface area contributed by atoms with Crippen molar-refractivity contribution in [2.75, 3.05) is 13.2 Å². The Morgan fingerprint density at radius 2 is 2.10 bits per heavy atom. The van der Waals surface area contributed by atoms with Crippen molar-refractivity contribution in [2.24, 2.45) is 29.6 Å². The highest BCUT2D eigenvalue weighted by molar-refractivity contribution is 5.71. The van der Waals surface area contributed by atoms with Gasteiger partial charge in [-0.2, -0.15) is 0 Å². The van der Waals surface area contributed by atoms with E-state index in [0.717, 1.165) is 24.2 Å². The molecule has 0 amide bonds. The van der Waals surface area contributed by atoms with Gasteiger partial charge in [-0.3, -0.25) is 4.79 Å². The molecule has 3 aliphatic carbocycles. The van der Waals surface area contributed by atoms with E-state index < -0.39 is 0 Å². The first kappa shape index (κ1) is 14.0. The fraction of sp³-hybridized carbons (Fsp3) is 0.941. The molecule has 3 saturated carbocycles. The quantitative estimate of drug-likeness (QED) is 0.429. The van der Waals surface area contributed by atoms with Crippen LogP contribution in [0.25, 0.3) is 0 Å². The lowest BCUT2D eigenvalue weighted by atomic mass is 9.79. The van der Waals surface area contributed by atoms with Gasteiger partial charge in [0.2, 0.25) is 0 Å². The summed E-state index contributed by atoms with van der Waals surface area (Å²) in [7, 11) is 0. The maximum absolute atomic E-state index is 11.6. The topological polar surface area (TPSA) is 48.1 Å². The van der Waals surface area contributed by atoms with Crippen LogP contribution in [-0.2, 0) is 19.0 Å². The number of hydrogen-bond acceptors (Lipinski definition) is 4. The van der Waals surface area contributed by atoms with Crippen LogP contribution < -0.4 is 0 Å². The lowest BCUT2D eigenvalue weighted by Crippen LogP contribution is -2.34. The molecule has 4 aliphatic rings. The number of hydrogen-bond donors (Lipinski definition) is 0. The molecule has 4 rings (SSSR count). The first-order chi connectivity index (χ1) is 10.2. The Labute approximate surface area is 126 Å². The van der Waals surface area contributed by atoms with E-state index in [1.807, 2.05) is 13.8 Å². The Morgan fingerprint density at radius 3 is 2.90 bits per heavy atom. The zero-order valence-corrected chi connectivity index (χ0v) is 13.0. The zero-order valence-electron chi connectivity index (χ0n) is 13.0. The molecule has 4 fully saturated rings. The Morgan fingerprint density at radius 1 is 1.24 bits per heavy atom. The number of ether oxygens (including phenoxy) is 3. The molecule has 0 radical (unpaired) electrons. The molecule has 8 atom stereocenters. The van der Waals surface area contributed by atoms with Crippen LogP contribution in [0.1, 0.15) is 39.5 Å². The van der Waals surface area contributed by atoms with Gasteiger partial charge in [-0.25, -0.2) is 0 Å². The van der Waals surface area contributed by atoms with E-state index in [0.29, 0.717) is 37.4 Å². The van der Waals surface area contributed by atoms with Crippen LogP contribution in [0.2, 0.25) is 0 Å². The molecule has 0 N–H and O–H groups in total. The minimum absolute atomic E-state index is 0.00399. The van der Waals surface area contributed by atoms with Gasteiger partial charge in [0.15, 0.2) is 0 Å². The first-order valence-electron chi connectivity index (χ1n) is 8.62. The molecule has 1 aliphatic heterocycles. The van der Waals surface area contributed by atoms with Gasteiger partial charge in [-0.1, -0.05) is 13.8 Å². The predicted molar refractivity (Wildman–Crippen MR) is 76.6 cm³/mol. The second-order valence-corrected chi connectivity index (χ2v) is 7.40. The van der Waals surface area contributed by atoms with Gasteiger partial charge in [0, 0.05) is 0 Å². The first-order valence-corrected chi connectivity index (χ1v) is 8.62. The normalized spacial score (nSPS) is 47.0. The highest BCUT2D eigenvalue weighted by Gasteiger charge is 2.66. The third-order valence-electron chi connectivity index (χ3n) is 6.36. The largest absolute Gasteiger partial charge is 0.463 e. The Balaban J connectivity index is 1.22. The molecule has 2 bridgehead atoms. The fourth-order valence-corrected chi connectivity index (χ4v) is 5.09. The number of fused-ring (bicyclic) bond motifs is 7. The fourth-order valence-electron chi connectivity index (χ4n) is 5.09. The Kier molecular flexibility index (Phi) is 3.49. The summed E-state index contributed by atoms with van der Waals surface area (Å²) < 4.78 is 17.0. The summed E-state index contributed by atoms with van der Waals surface area (Å²) in [5.74, 6) is 3.14. The molecule has 1 heterocycles. The second kappa shape index (κ2) is 5.24. The maximum atomic E-state index is 11.6. The van der Waals surface area contributed by atoms with Crippen LogP contribution in [0.15, 0.2) is 0 Å². The van der Waals surface area contributed by atoms with Crippen molar-refractivity contribution >= 4 is 5.97 Å². The van der Waals surface area contributed by atoms with Crippen molar-refractivity contribution in [3.63, 3.8) is 0 Å². The molecular weight excluding hydrogens is 268 g/mol. The molecule has 1 saturated heterocycles. The average molecular weight is 294 g/mol. The van der Waals surface area contributed by atoms with Crippen molar-refractivity contribution in [1.29, 1.82) is 0 Å². The van der Waals surface area contributed by atoms with Gasteiger partial charge in [0.1, 0.15) is 6.61 Å². The number of carbonyl (C=O) groups is 1. The average Bonchev–Trinajstić information content (AvgIpc) is 2.87. The summed E-state index contributed by atoms with van der Waals surface area (Å²) >= 11 is 0. The van der Waals surface area contributed by atoms with Crippen molar-refractivity contribution in [3.8, 4) is 0 Å². The van der Waals surface area contributed by atoms with Crippen LogP contribution in [-0.4, -0.2) is 37.5 Å². The van der Waals surface area contributed by atoms with E-state index in [2.05, 4.69) is 0 Å². The molecule has 0 aromatic heterocycles. The van der Waals surface area contributed by atoms with Crippen molar-refractivity contribution in [1.82, 2.24) is 0 Å². The van der Waals surface area contributed by atoms with Gasteiger partial charge >= 0.3 is 5.97 Å².